The van der Waals surface area contributed by atoms with Crippen LogP contribution in [0.2, 0.25) is 0 Å². The lowest BCUT2D eigenvalue weighted by molar-refractivity contribution is 0.254. The van der Waals surface area contributed by atoms with Crippen LogP contribution in [0.3, 0.4) is 0 Å². The van der Waals surface area contributed by atoms with E-state index in [0.717, 1.165) is 0 Å². The maximum absolute atomic E-state index is 2.82. The van der Waals surface area contributed by atoms with E-state index in [4.69, 9.17) is 0 Å². The highest BCUT2D eigenvalue weighted by Crippen LogP contribution is 2.14. The highest BCUT2D eigenvalue weighted by Gasteiger charge is 2.05. The topological polar surface area (TPSA) is 3.24 Å². The smallest absolute Gasteiger partial charge is 0.00187 e. The molecule has 0 aromatic heterocycles. The minimum absolute atomic E-state index is 1.36. The number of nitrogens with zero attached hydrogens (tertiary/aromatic N) is 1. The molecule has 0 unspecified atom stereocenters. The van der Waals surface area contributed by atoms with Crippen LogP contribution >= 0.6 is 0 Å². The fourth-order valence-electron chi connectivity index (χ4n) is 4.92. The molecule has 1 nitrogen and oxygen atoms in total. The largest absolute Gasteiger partial charge is 0.303 e. The molecule has 32 heavy (non-hydrogen) atoms. The first kappa shape index (κ1) is 32.0. The SMILES string of the molecule is CCCCCCCCCCCCCCCN(CCCCCCCC)CCCCCCCC. The molecule has 0 heterocycles. The van der Waals surface area contributed by atoms with Gasteiger partial charge in [0.05, 0.1) is 0 Å². The van der Waals surface area contributed by atoms with Crippen molar-refractivity contribution in [1.82, 2.24) is 4.90 Å². The number of unbranched alkanes of at least 4 members (excludes halogenated alkanes) is 22. The third-order valence-corrected chi connectivity index (χ3v) is 7.23. The van der Waals surface area contributed by atoms with Crippen molar-refractivity contribution in [1.29, 1.82) is 0 Å². The molecular formula is C31H65N. The first-order valence-corrected chi connectivity index (χ1v) is 15.6. The summed E-state index contributed by atoms with van der Waals surface area (Å²) in [6, 6.07) is 0. The van der Waals surface area contributed by atoms with E-state index < -0.39 is 0 Å². The summed E-state index contributed by atoms with van der Waals surface area (Å²) in [5.41, 5.74) is 0. The molecule has 0 aromatic rings. The fraction of sp³-hybridized carbons (Fsp3) is 1.00. The van der Waals surface area contributed by atoms with Crippen LogP contribution in [0, 0.1) is 0 Å². The van der Waals surface area contributed by atoms with E-state index in [1.165, 1.54) is 180 Å². The second-order valence-corrected chi connectivity index (χ2v) is 10.6. The van der Waals surface area contributed by atoms with Gasteiger partial charge in [-0.25, -0.2) is 0 Å². The van der Waals surface area contributed by atoms with Gasteiger partial charge in [-0.15, -0.1) is 0 Å². The molecule has 0 fully saturated rings. The lowest BCUT2D eigenvalue weighted by Crippen LogP contribution is -2.27. The molecule has 0 bridgehead atoms. The maximum atomic E-state index is 2.82. The molecular weight excluding hydrogens is 386 g/mol. The van der Waals surface area contributed by atoms with Crippen LogP contribution in [0.15, 0.2) is 0 Å². The summed E-state index contributed by atoms with van der Waals surface area (Å²) < 4.78 is 0. The van der Waals surface area contributed by atoms with E-state index in [1.807, 2.05) is 0 Å². The summed E-state index contributed by atoms with van der Waals surface area (Å²) in [6.07, 6.45) is 36.2. The van der Waals surface area contributed by atoms with Gasteiger partial charge < -0.3 is 4.90 Å². The molecule has 0 aliphatic carbocycles. The minimum Gasteiger partial charge on any atom is -0.303 e. The molecule has 194 valence electrons. The van der Waals surface area contributed by atoms with Crippen LogP contribution in [-0.2, 0) is 0 Å². The second kappa shape index (κ2) is 29.0. The van der Waals surface area contributed by atoms with Gasteiger partial charge in [-0.2, -0.15) is 0 Å². The zero-order valence-corrected chi connectivity index (χ0v) is 23.2. The highest BCUT2D eigenvalue weighted by atomic mass is 15.1. The zero-order valence-electron chi connectivity index (χ0n) is 23.2. The van der Waals surface area contributed by atoms with Gasteiger partial charge in [0, 0.05) is 0 Å². The summed E-state index contributed by atoms with van der Waals surface area (Å²) in [5, 5.41) is 0. The first-order valence-electron chi connectivity index (χ1n) is 15.6. The highest BCUT2D eigenvalue weighted by molar-refractivity contribution is 4.60. The van der Waals surface area contributed by atoms with Crippen molar-refractivity contribution in [2.24, 2.45) is 0 Å². The molecule has 0 spiro atoms. The Bertz CT molecular complexity index is 298. The predicted octanol–water partition coefficient (Wildman–Crippen LogP) is 11.1. The molecule has 0 aliphatic rings. The van der Waals surface area contributed by atoms with Gasteiger partial charge in [0.15, 0.2) is 0 Å². The van der Waals surface area contributed by atoms with E-state index in [-0.39, 0.29) is 0 Å². The van der Waals surface area contributed by atoms with Crippen molar-refractivity contribution in [2.45, 2.75) is 181 Å². The summed E-state index contributed by atoms with van der Waals surface area (Å²) in [4.78, 5) is 2.82. The second-order valence-electron chi connectivity index (χ2n) is 10.6. The molecule has 0 aliphatic heterocycles. The van der Waals surface area contributed by atoms with Gasteiger partial charge in [0.1, 0.15) is 0 Å². The summed E-state index contributed by atoms with van der Waals surface area (Å²) >= 11 is 0. The molecule has 0 aromatic carbocycles. The van der Waals surface area contributed by atoms with Crippen LogP contribution in [0.4, 0.5) is 0 Å². The van der Waals surface area contributed by atoms with Crippen LogP contribution in [-0.4, -0.2) is 24.5 Å². The van der Waals surface area contributed by atoms with E-state index in [2.05, 4.69) is 25.7 Å². The Hall–Kier alpha value is -0.0400. The van der Waals surface area contributed by atoms with Gasteiger partial charge in [-0.05, 0) is 38.9 Å². The molecule has 1 heteroatoms. The Labute approximate surface area is 205 Å². The molecule has 0 N–H and O–H groups in total. The first-order chi connectivity index (χ1) is 15.8. The van der Waals surface area contributed by atoms with Gasteiger partial charge in [-0.1, -0.05) is 162 Å². The van der Waals surface area contributed by atoms with Crippen molar-refractivity contribution in [3.63, 3.8) is 0 Å². The van der Waals surface area contributed by atoms with Crippen molar-refractivity contribution >= 4 is 0 Å². The Morgan fingerprint density at radius 2 is 0.438 bits per heavy atom. The number of rotatable bonds is 28. The van der Waals surface area contributed by atoms with Crippen molar-refractivity contribution in [3.05, 3.63) is 0 Å². The maximum Gasteiger partial charge on any atom is -0.00187 e. The average molecular weight is 452 g/mol. The quantitative estimate of drug-likeness (QED) is 0.107. The van der Waals surface area contributed by atoms with Gasteiger partial charge in [0.2, 0.25) is 0 Å². The van der Waals surface area contributed by atoms with E-state index in [9.17, 15) is 0 Å². The van der Waals surface area contributed by atoms with Crippen LogP contribution in [0.1, 0.15) is 181 Å². The van der Waals surface area contributed by atoms with E-state index in [1.54, 1.807) is 0 Å². The Balaban J connectivity index is 3.69. The van der Waals surface area contributed by atoms with Crippen molar-refractivity contribution in [2.75, 3.05) is 19.6 Å². The molecule has 0 amide bonds. The standard InChI is InChI=1S/C31H65N/c1-4-7-10-13-16-17-18-19-20-21-22-25-28-31-32(29-26-23-14-11-8-5-2)30-27-24-15-12-9-6-3/h4-31H2,1-3H3. The normalized spacial score (nSPS) is 11.6. The lowest BCUT2D eigenvalue weighted by atomic mass is 10.0. The van der Waals surface area contributed by atoms with Crippen LogP contribution in [0.5, 0.6) is 0 Å². The minimum atomic E-state index is 1.36. The van der Waals surface area contributed by atoms with Crippen LogP contribution in [0.25, 0.3) is 0 Å². The molecule has 0 radical (unpaired) electrons. The predicted molar refractivity (Wildman–Crippen MR) is 149 cm³/mol. The Kier molecular flexibility index (Phi) is 29.0. The third-order valence-electron chi connectivity index (χ3n) is 7.23. The van der Waals surface area contributed by atoms with Crippen molar-refractivity contribution in [3.8, 4) is 0 Å². The third kappa shape index (κ3) is 26.2. The fourth-order valence-corrected chi connectivity index (χ4v) is 4.92. The average Bonchev–Trinajstić information content (AvgIpc) is 2.80. The van der Waals surface area contributed by atoms with E-state index in [0.29, 0.717) is 0 Å². The zero-order chi connectivity index (χ0) is 23.4. The number of hydrogen-bond donors (Lipinski definition) is 0. The van der Waals surface area contributed by atoms with Gasteiger partial charge in [-0.3, -0.25) is 0 Å². The van der Waals surface area contributed by atoms with Gasteiger partial charge >= 0.3 is 0 Å². The lowest BCUT2D eigenvalue weighted by Gasteiger charge is -2.22. The Morgan fingerprint density at radius 1 is 0.250 bits per heavy atom. The van der Waals surface area contributed by atoms with Crippen LogP contribution < -0.4 is 0 Å². The molecule has 0 rings (SSSR count). The molecule has 0 saturated heterocycles. The van der Waals surface area contributed by atoms with E-state index >= 15 is 0 Å². The van der Waals surface area contributed by atoms with Crippen molar-refractivity contribution < 1.29 is 0 Å². The molecule has 0 atom stereocenters. The number of hydrogen-bond acceptors (Lipinski definition) is 1. The Morgan fingerprint density at radius 3 is 0.656 bits per heavy atom. The summed E-state index contributed by atoms with van der Waals surface area (Å²) in [6.45, 7) is 11.0. The summed E-state index contributed by atoms with van der Waals surface area (Å²) in [7, 11) is 0. The molecule has 0 saturated carbocycles. The van der Waals surface area contributed by atoms with Gasteiger partial charge in [0.25, 0.3) is 0 Å². The summed E-state index contributed by atoms with van der Waals surface area (Å²) in [5.74, 6) is 0. The monoisotopic (exact) mass is 452 g/mol.